The van der Waals surface area contributed by atoms with Crippen LogP contribution in [0, 0.1) is 25.7 Å². The molecule has 5 heteroatoms. The van der Waals surface area contributed by atoms with Gasteiger partial charge in [-0.15, -0.1) is 0 Å². The molecule has 21 heavy (non-hydrogen) atoms. The van der Waals surface area contributed by atoms with Gasteiger partial charge in [-0.05, 0) is 51.6 Å². The van der Waals surface area contributed by atoms with Gasteiger partial charge in [-0.2, -0.15) is 0 Å². The molecule has 1 aliphatic rings. The maximum Gasteiger partial charge on any atom is 0.222 e. The van der Waals surface area contributed by atoms with Crippen LogP contribution in [-0.4, -0.2) is 36.1 Å². The summed E-state index contributed by atoms with van der Waals surface area (Å²) in [5.41, 5.74) is 1.90. The van der Waals surface area contributed by atoms with Crippen LogP contribution in [0.4, 0.5) is 0 Å². The molecule has 1 aromatic rings. The second-order valence-electron chi connectivity index (χ2n) is 6.34. The van der Waals surface area contributed by atoms with E-state index in [4.69, 9.17) is 4.52 Å². The Bertz CT molecular complexity index is 458. The molecule has 0 radical (unpaired) electrons. The van der Waals surface area contributed by atoms with Crippen LogP contribution < -0.4 is 5.32 Å². The summed E-state index contributed by atoms with van der Waals surface area (Å²) in [6, 6.07) is 0. The van der Waals surface area contributed by atoms with Crippen molar-refractivity contribution < 1.29 is 9.32 Å². The van der Waals surface area contributed by atoms with Crippen LogP contribution in [0.3, 0.4) is 0 Å². The normalized spacial score (nSPS) is 20.3. The van der Waals surface area contributed by atoms with Gasteiger partial charge in [-0.3, -0.25) is 4.79 Å². The molecular weight excluding hydrogens is 266 g/mol. The molecule has 2 atom stereocenters. The lowest BCUT2D eigenvalue weighted by Crippen LogP contribution is -2.36. The highest BCUT2D eigenvalue weighted by Crippen LogP contribution is 2.23. The Kier molecular flexibility index (Phi) is 5.39. The van der Waals surface area contributed by atoms with E-state index in [-0.39, 0.29) is 5.91 Å². The molecule has 5 nitrogen and oxygen atoms in total. The van der Waals surface area contributed by atoms with Crippen LogP contribution in [0.5, 0.6) is 0 Å². The highest BCUT2D eigenvalue weighted by Gasteiger charge is 2.24. The Hall–Kier alpha value is -1.36. The van der Waals surface area contributed by atoms with E-state index in [0.717, 1.165) is 30.1 Å². The molecule has 1 saturated heterocycles. The number of aryl methyl sites for hydroxylation is 2. The minimum atomic E-state index is 0.202. The van der Waals surface area contributed by atoms with E-state index in [0.29, 0.717) is 24.8 Å². The van der Waals surface area contributed by atoms with Crippen molar-refractivity contribution >= 4 is 5.91 Å². The predicted octanol–water partition coefficient (Wildman–Crippen LogP) is 2.28. The molecule has 1 fully saturated rings. The van der Waals surface area contributed by atoms with Gasteiger partial charge < -0.3 is 14.7 Å². The van der Waals surface area contributed by atoms with Crippen LogP contribution in [0.15, 0.2) is 4.52 Å². The summed E-state index contributed by atoms with van der Waals surface area (Å²) in [6.07, 6.45) is 3.07. The van der Waals surface area contributed by atoms with E-state index in [2.05, 4.69) is 17.4 Å². The van der Waals surface area contributed by atoms with Gasteiger partial charge in [0.05, 0.1) is 12.2 Å². The molecule has 1 amide bonds. The van der Waals surface area contributed by atoms with Gasteiger partial charge in [0.1, 0.15) is 5.76 Å². The fourth-order valence-electron chi connectivity index (χ4n) is 3.02. The quantitative estimate of drug-likeness (QED) is 0.905. The van der Waals surface area contributed by atoms with E-state index in [1.807, 2.05) is 20.9 Å². The molecule has 2 rings (SSSR count). The number of hydrogen-bond acceptors (Lipinski definition) is 4. The summed E-state index contributed by atoms with van der Waals surface area (Å²) in [5.74, 6) is 2.05. The second-order valence-corrected chi connectivity index (χ2v) is 6.34. The summed E-state index contributed by atoms with van der Waals surface area (Å²) < 4.78 is 5.16. The molecule has 0 aliphatic carbocycles. The third-order valence-electron chi connectivity index (χ3n) is 4.64. The first-order valence-corrected chi connectivity index (χ1v) is 7.85. The Labute approximate surface area is 127 Å². The molecule has 1 aromatic heterocycles. The van der Waals surface area contributed by atoms with Crippen LogP contribution in [0.2, 0.25) is 0 Å². The first-order chi connectivity index (χ1) is 9.99. The number of rotatable bonds is 5. The summed E-state index contributed by atoms with van der Waals surface area (Å²) in [5, 5.41) is 7.37. The third kappa shape index (κ3) is 4.06. The van der Waals surface area contributed by atoms with Crippen molar-refractivity contribution in [1.29, 1.82) is 0 Å². The zero-order chi connectivity index (χ0) is 15.4. The van der Waals surface area contributed by atoms with Crippen molar-refractivity contribution in [3.05, 3.63) is 17.0 Å². The zero-order valence-electron chi connectivity index (χ0n) is 13.6. The van der Waals surface area contributed by atoms with Gasteiger partial charge in [0.2, 0.25) is 5.91 Å². The first kappa shape index (κ1) is 16.0. The molecule has 0 aromatic carbocycles. The molecule has 1 aliphatic heterocycles. The Balaban J connectivity index is 1.87. The van der Waals surface area contributed by atoms with E-state index in [1.54, 1.807) is 4.90 Å². The fraction of sp³-hybridized carbons (Fsp3) is 0.750. The zero-order valence-corrected chi connectivity index (χ0v) is 13.6. The van der Waals surface area contributed by atoms with Crippen molar-refractivity contribution in [1.82, 2.24) is 15.4 Å². The second kappa shape index (κ2) is 7.07. The number of carbonyl (C=O) groups is 1. The molecule has 1 N–H and O–H groups in total. The van der Waals surface area contributed by atoms with Gasteiger partial charge in [0, 0.05) is 19.0 Å². The van der Waals surface area contributed by atoms with Crippen molar-refractivity contribution in [2.24, 2.45) is 11.8 Å². The molecule has 118 valence electrons. The predicted molar refractivity (Wildman–Crippen MR) is 81.8 cm³/mol. The lowest BCUT2D eigenvalue weighted by atomic mass is 9.85. The van der Waals surface area contributed by atoms with Gasteiger partial charge in [-0.25, -0.2) is 0 Å². The van der Waals surface area contributed by atoms with Gasteiger partial charge in [0.25, 0.3) is 0 Å². The van der Waals surface area contributed by atoms with Crippen molar-refractivity contribution in [3.63, 3.8) is 0 Å². The maximum atomic E-state index is 12.4. The smallest absolute Gasteiger partial charge is 0.222 e. The number of aromatic nitrogens is 1. The largest absolute Gasteiger partial charge is 0.361 e. The number of carbonyl (C=O) groups excluding carboxylic acids is 1. The third-order valence-corrected chi connectivity index (χ3v) is 4.64. The SMILES string of the molecule is Cc1noc(C)c1CN(C)C(=O)CC(C)C1CCCNC1. The number of amides is 1. The standard InChI is InChI=1S/C16H27N3O2/c1-11(14-6-5-7-17-9-14)8-16(20)19(4)10-15-12(2)18-21-13(15)3/h11,14,17H,5-10H2,1-4H3. The molecule has 2 heterocycles. The summed E-state index contributed by atoms with van der Waals surface area (Å²) in [4.78, 5) is 14.2. The Morgan fingerprint density at radius 1 is 1.52 bits per heavy atom. The molecule has 0 spiro atoms. The topological polar surface area (TPSA) is 58.4 Å². The Morgan fingerprint density at radius 3 is 2.86 bits per heavy atom. The summed E-state index contributed by atoms with van der Waals surface area (Å²) in [7, 11) is 1.86. The lowest BCUT2D eigenvalue weighted by molar-refractivity contribution is -0.131. The highest BCUT2D eigenvalue weighted by molar-refractivity contribution is 5.76. The number of piperidine rings is 1. The van der Waals surface area contributed by atoms with Crippen molar-refractivity contribution in [3.8, 4) is 0 Å². The number of hydrogen-bond donors (Lipinski definition) is 1. The van der Waals surface area contributed by atoms with Gasteiger partial charge in [-0.1, -0.05) is 12.1 Å². The van der Waals surface area contributed by atoms with E-state index in [1.165, 1.54) is 12.8 Å². The van der Waals surface area contributed by atoms with Crippen LogP contribution in [0.25, 0.3) is 0 Å². The van der Waals surface area contributed by atoms with Crippen LogP contribution in [0.1, 0.15) is 43.2 Å². The van der Waals surface area contributed by atoms with E-state index in [9.17, 15) is 4.79 Å². The van der Waals surface area contributed by atoms with Gasteiger partial charge in [0.15, 0.2) is 0 Å². The van der Waals surface area contributed by atoms with Crippen molar-refractivity contribution in [2.75, 3.05) is 20.1 Å². The summed E-state index contributed by atoms with van der Waals surface area (Å²) in [6.45, 7) is 8.74. The Morgan fingerprint density at radius 2 is 2.29 bits per heavy atom. The van der Waals surface area contributed by atoms with Crippen LogP contribution >= 0.6 is 0 Å². The lowest BCUT2D eigenvalue weighted by Gasteiger charge is -2.29. The average molecular weight is 293 g/mol. The summed E-state index contributed by atoms with van der Waals surface area (Å²) >= 11 is 0. The number of nitrogens with zero attached hydrogens (tertiary/aromatic N) is 2. The van der Waals surface area contributed by atoms with Crippen molar-refractivity contribution in [2.45, 2.75) is 46.6 Å². The van der Waals surface area contributed by atoms with Gasteiger partial charge >= 0.3 is 0 Å². The van der Waals surface area contributed by atoms with E-state index >= 15 is 0 Å². The highest BCUT2D eigenvalue weighted by atomic mass is 16.5. The molecule has 2 unspecified atom stereocenters. The number of nitrogens with one attached hydrogen (secondary N) is 1. The first-order valence-electron chi connectivity index (χ1n) is 7.85. The monoisotopic (exact) mass is 293 g/mol. The van der Waals surface area contributed by atoms with E-state index < -0.39 is 0 Å². The minimum absolute atomic E-state index is 0.202. The molecule has 0 saturated carbocycles. The molecule has 0 bridgehead atoms. The van der Waals surface area contributed by atoms with Crippen LogP contribution in [-0.2, 0) is 11.3 Å². The maximum absolute atomic E-state index is 12.4. The fourth-order valence-corrected chi connectivity index (χ4v) is 3.02. The minimum Gasteiger partial charge on any atom is -0.361 e. The molecular formula is C16H27N3O2. The average Bonchev–Trinajstić information content (AvgIpc) is 2.79.